The normalized spacial score (nSPS) is 9.90. The van der Waals surface area contributed by atoms with Gasteiger partial charge in [0.1, 0.15) is 11.5 Å². The quantitative estimate of drug-likeness (QED) is 0.903. The Balaban J connectivity index is 2.25. The van der Waals surface area contributed by atoms with E-state index in [0.29, 0.717) is 23.0 Å². The van der Waals surface area contributed by atoms with E-state index in [1.165, 1.54) is 19.4 Å². The first-order valence-corrected chi connectivity index (χ1v) is 5.73. The van der Waals surface area contributed by atoms with Crippen LogP contribution in [-0.2, 0) is 0 Å². The van der Waals surface area contributed by atoms with Gasteiger partial charge in [-0.3, -0.25) is 0 Å². The minimum Gasteiger partial charge on any atom is -0.497 e. The Labute approximate surface area is 115 Å². The summed E-state index contributed by atoms with van der Waals surface area (Å²) in [6, 6.07) is 8.26. The summed E-state index contributed by atoms with van der Waals surface area (Å²) in [6.45, 7) is 0. The lowest BCUT2D eigenvalue weighted by atomic mass is 10.3. The molecule has 1 aromatic carbocycles. The largest absolute Gasteiger partial charge is 0.497 e. The predicted molar refractivity (Wildman–Crippen MR) is 70.8 cm³/mol. The molecule has 0 unspecified atom stereocenters. The Hall–Kier alpha value is -2.76. The van der Waals surface area contributed by atoms with Gasteiger partial charge in [-0.05, 0) is 24.3 Å². The first-order chi connectivity index (χ1) is 9.63. The van der Waals surface area contributed by atoms with Gasteiger partial charge in [0.05, 0.1) is 20.4 Å². The fourth-order valence-corrected chi connectivity index (χ4v) is 1.55. The number of rotatable bonds is 5. The summed E-state index contributed by atoms with van der Waals surface area (Å²) in [7, 11) is 3.01. The van der Waals surface area contributed by atoms with Crippen LogP contribution >= 0.6 is 0 Å². The Morgan fingerprint density at radius 1 is 1.05 bits per heavy atom. The Kier molecular flexibility index (Phi) is 4.05. The Morgan fingerprint density at radius 3 is 2.25 bits per heavy atom. The van der Waals surface area contributed by atoms with Gasteiger partial charge in [-0.2, -0.15) is 0 Å². The van der Waals surface area contributed by atoms with Gasteiger partial charge >= 0.3 is 5.97 Å². The first kappa shape index (κ1) is 13.7. The lowest BCUT2D eigenvalue weighted by Crippen LogP contribution is -2.01. The van der Waals surface area contributed by atoms with Crippen LogP contribution in [0.5, 0.6) is 23.0 Å². The number of hydrogen-bond donors (Lipinski definition) is 1. The van der Waals surface area contributed by atoms with Crippen LogP contribution in [0.4, 0.5) is 0 Å². The molecule has 0 spiro atoms. The SMILES string of the molecule is COc1ccc(Oc2cnc(C(=O)O)cc2OC)cc1. The van der Waals surface area contributed by atoms with Crippen molar-refractivity contribution in [2.75, 3.05) is 14.2 Å². The minimum absolute atomic E-state index is 0.107. The zero-order valence-corrected chi connectivity index (χ0v) is 11.0. The van der Waals surface area contributed by atoms with Crippen molar-refractivity contribution in [2.24, 2.45) is 0 Å². The maximum Gasteiger partial charge on any atom is 0.354 e. The monoisotopic (exact) mass is 275 g/mol. The molecule has 0 atom stereocenters. The summed E-state index contributed by atoms with van der Waals surface area (Å²) in [5, 5.41) is 8.87. The van der Waals surface area contributed by atoms with Crippen molar-refractivity contribution in [3.8, 4) is 23.0 Å². The number of benzene rings is 1. The second-order valence-corrected chi connectivity index (χ2v) is 3.80. The van der Waals surface area contributed by atoms with Crippen molar-refractivity contribution >= 4 is 5.97 Å². The van der Waals surface area contributed by atoms with Crippen molar-refractivity contribution in [1.82, 2.24) is 4.98 Å². The number of carbonyl (C=O) groups is 1. The summed E-state index contributed by atoms with van der Waals surface area (Å²) in [5.74, 6) is 0.785. The molecule has 0 fully saturated rings. The average molecular weight is 275 g/mol. The van der Waals surface area contributed by atoms with Crippen LogP contribution < -0.4 is 14.2 Å². The smallest absolute Gasteiger partial charge is 0.354 e. The molecule has 2 aromatic rings. The molecule has 1 aromatic heterocycles. The fraction of sp³-hybridized carbons (Fsp3) is 0.143. The highest BCUT2D eigenvalue weighted by molar-refractivity contribution is 5.86. The molecule has 0 saturated heterocycles. The van der Waals surface area contributed by atoms with Crippen LogP contribution in [0.1, 0.15) is 10.5 Å². The van der Waals surface area contributed by atoms with Crippen molar-refractivity contribution in [3.05, 3.63) is 42.2 Å². The molecule has 1 N–H and O–H groups in total. The van der Waals surface area contributed by atoms with Crippen LogP contribution in [0.3, 0.4) is 0 Å². The molecule has 0 aliphatic carbocycles. The van der Waals surface area contributed by atoms with E-state index < -0.39 is 5.97 Å². The summed E-state index contributed by atoms with van der Waals surface area (Å²) in [6.07, 6.45) is 1.31. The third-order valence-corrected chi connectivity index (χ3v) is 2.56. The predicted octanol–water partition coefficient (Wildman–Crippen LogP) is 2.59. The number of carboxylic acid groups (broad SMARTS) is 1. The highest BCUT2D eigenvalue weighted by Gasteiger charge is 2.12. The van der Waals surface area contributed by atoms with E-state index in [4.69, 9.17) is 19.3 Å². The summed E-state index contributed by atoms with van der Waals surface area (Å²) in [5.41, 5.74) is -0.107. The van der Waals surface area contributed by atoms with Gasteiger partial charge in [0, 0.05) is 6.07 Å². The van der Waals surface area contributed by atoms with Crippen molar-refractivity contribution in [1.29, 1.82) is 0 Å². The third-order valence-electron chi connectivity index (χ3n) is 2.56. The molecule has 6 heteroatoms. The van der Waals surface area contributed by atoms with Crippen LogP contribution in [0, 0.1) is 0 Å². The molecule has 6 nitrogen and oxygen atoms in total. The maximum atomic E-state index is 10.8. The molecule has 1 heterocycles. The number of methoxy groups -OCH3 is 2. The van der Waals surface area contributed by atoms with Gasteiger partial charge in [-0.25, -0.2) is 9.78 Å². The van der Waals surface area contributed by atoms with Crippen LogP contribution in [0.25, 0.3) is 0 Å². The minimum atomic E-state index is -1.13. The zero-order valence-electron chi connectivity index (χ0n) is 11.0. The lowest BCUT2D eigenvalue weighted by Gasteiger charge is -2.10. The Bertz CT molecular complexity index is 609. The molecule has 104 valence electrons. The molecular formula is C14H13NO5. The van der Waals surface area contributed by atoms with Gasteiger partial charge in [0.25, 0.3) is 0 Å². The van der Waals surface area contributed by atoms with Gasteiger partial charge < -0.3 is 19.3 Å². The van der Waals surface area contributed by atoms with E-state index in [1.807, 2.05) is 0 Å². The highest BCUT2D eigenvalue weighted by atomic mass is 16.5. The van der Waals surface area contributed by atoms with Crippen LogP contribution in [0.15, 0.2) is 36.5 Å². The van der Waals surface area contributed by atoms with Gasteiger partial charge in [-0.1, -0.05) is 0 Å². The number of aromatic nitrogens is 1. The molecular weight excluding hydrogens is 262 g/mol. The van der Waals surface area contributed by atoms with E-state index in [0.717, 1.165) is 0 Å². The number of pyridine rings is 1. The number of aromatic carboxylic acids is 1. The topological polar surface area (TPSA) is 77.9 Å². The number of nitrogens with zero attached hydrogens (tertiary/aromatic N) is 1. The van der Waals surface area contributed by atoms with Crippen LogP contribution in [-0.4, -0.2) is 30.3 Å². The van der Waals surface area contributed by atoms with E-state index >= 15 is 0 Å². The summed E-state index contributed by atoms with van der Waals surface area (Å²) in [4.78, 5) is 14.6. The molecule has 0 bridgehead atoms. The van der Waals surface area contributed by atoms with E-state index in [1.54, 1.807) is 31.4 Å². The lowest BCUT2D eigenvalue weighted by molar-refractivity contribution is 0.0690. The van der Waals surface area contributed by atoms with E-state index in [-0.39, 0.29) is 5.69 Å². The first-order valence-electron chi connectivity index (χ1n) is 5.73. The molecule has 0 aliphatic heterocycles. The maximum absolute atomic E-state index is 10.8. The molecule has 0 aliphatic rings. The summed E-state index contributed by atoms with van der Waals surface area (Å²) < 4.78 is 15.7. The van der Waals surface area contributed by atoms with Gasteiger partial charge in [-0.15, -0.1) is 0 Å². The fourth-order valence-electron chi connectivity index (χ4n) is 1.55. The van der Waals surface area contributed by atoms with E-state index in [2.05, 4.69) is 4.98 Å². The molecule has 2 rings (SSSR count). The van der Waals surface area contributed by atoms with Gasteiger partial charge in [0.2, 0.25) is 0 Å². The van der Waals surface area contributed by atoms with Crippen molar-refractivity contribution < 1.29 is 24.1 Å². The van der Waals surface area contributed by atoms with Crippen molar-refractivity contribution in [3.63, 3.8) is 0 Å². The number of hydrogen-bond acceptors (Lipinski definition) is 5. The zero-order chi connectivity index (χ0) is 14.5. The average Bonchev–Trinajstić information content (AvgIpc) is 2.48. The van der Waals surface area contributed by atoms with Gasteiger partial charge in [0.15, 0.2) is 17.2 Å². The molecule has 20 heavy (non-hydrogen) atoms. The summed E-state index contributed by atoms with van der Waals surface area (Å²) >= 11 is 0. The third kappa shape index (κ3) is 2.97. The number of carboxylic acids is 1. The van der Waals surface area contributed by atoms with E-state index in [9.17, 15) is 4.79 Å². The molecule has 0 amide bonds. The second-order valence-electron chi connectivity index (χ2n) is 3.80. The standard InChI is InChI=1S/C14H13NO5/c1-18-9-3-5-10(6-4-9)20-13-8-15-11(14(16)17)7-12(13)19-2/h3-8H,1-2H3,(H,16,17). The van der Waals surface area contributed by atoms with Crippen LogP contribution in [0.2, 0.25) is 0 Å². The number of ether oxygens (including phenoxy) is 3. The highest BCUT2D eigenvalue weighted by Crippen LogP contribution is 2.31. The second kappa shape index (κ2) is 5.92. The molecule has 0 radical (unpaired) electrons. The van der Waals surface area contributed by atoms with Crippen molar-refractivity contribution in [2.45, 2.75) is 0 Å². The molecule has 0 saturated carbocycles. The Morgan fingerprint density at radius 2 is 1.70 bits per heavy atom.